The van der Waals surface area contributed by atoms with Gasteiger partial charge in [-0.1, -0.05) is 0 Å². The standard InChI is InChI=1S/C14H15F2NO4/c15-9-3-4-10(16)11(8-9)17(6-5-13(18)19)14(20)12-2-1-7-21-12/h3-4,8,12H,1-2,5-7H2,(H,18,19). The molecule has 1 aromatic carbocycles. The van der Waals surface area contributed by atoms with Crippen molar-refractivity contribution in [3.8, 4) is 0 Å². The van der Waals surface area contributed by atoms with Gasteiger partial charge in [0.15, 0.2) is 0 Å². The van der Waals surface area contributed by atoms with Crippen molar-refractivity contribution in [1.29, 1.82) is 0 Å². The maximum absolute atomic E-state index is 13.8. The zero-order valence-corrected chi connectivity index (χ0v) is 11.2. The number of halogens is 2. The Morgan fingerprint density at radius 2 is 2.14 bits per heavy atom. The van der Waals surface area contributed by atoms with Gasteiger partial charge in [0.1, 0.15) is 17.7 Å². The summed E-state index contributed by atoms with van der Waals surface area (Å²) in [6, 6.07) is 2.72. The maximum Gasteiger partial charge on any atom is 0.305 e. The van der Waals surface area contributed by atoms with Crippen LogP contribution in [0, 0.1) is 11.6 Å². The van der Waals surface area contributed by atoms with Crippen LogP contribution in [0.5, 0.6) is 0 Å². The second-order valence-electron chi connectivity index (χ2n) is 4.73. The van der Waals surface area contributed by atoms with Gasteiger partial charge in [0, 0.05) is 19.2 Å². The normalized spacial score (nSPS) is 17.7. The monoisotopic (exact) mass is 299 g/mol. The number of carboxylic acids is 1. The Kier molecular flexibility index (Phi) is 4.85. The highest BCUT2D eigenvalue weighted by atomic mass is 19.1. The number of carbonyl (C=O) groups is 2. The summed E-state index contributed by atoms with van der Waals surface area (Å²) < 4.78 is 32.4. The molecule has 0 saturated carbocycles. The van der Waals surface area contributed by atoms with Crippen molar-refractivity contribution >= 4 is 17.6 Å². The summed E-state index contributed by atoms with van der Waals surface area (Å²) in [6.07, 6.45) is 0.0872. The first-order chi connectivity index (χ1) is 9.99. The predicted octanol–water partition coefficient (Wildman–Crippen LogP) is 1.95. The van der Waals surface area contributed by atoms with E-state index in [1.54, 1.807) is 0 Å². The number of hydrogen-bond donors (Lipinski definition) is 1. The lowest BCUT2D eigenvalue weighted by atomic mass is 10.1. The Morgan fingerprint density at radius 3 is 2.76 bits per heavy atom. The lowest BCUT2D eigenvalue weighted by Gasteiger charge is -2.25. The van der Waals surface area contributed by atoms with E-state index in [9.17, 15) is 18.4 Å². The molecule has 2 rings (SSSR count). The maximum atomic E-state index is 13.8. The van der Waals surface area contributed by atoms with E-state index in [0.29, 0.717) is 19.4 Å². The van der Waals surface area contributed by atoms with Crippen LogP contribution in [0.4, 0.5) is 14.5 Å². The van der Waals surface area contributed by atoms with Crippen molar-refractivity contribution in [2.24, 2.45) is 0 Å². The van der Waals surface area contributed by atoms with Gasteiger partial charge in [-0.15, -0.1) is 0 Å². The molecule has 0 radical (unpaired) electrons. The van der Waals surface area contributed by atoms with Crippen molar-refractivity contribution in [2.45, 2.75) is 25.4 Å². The van der Waals surface area contributed by atoms with Crippen LogP contribution >= 0.6 is 0 Å². The minimum absolute atomic E-state index is 0.242. The number of hydrogen-bond acceptors (Lipinski definition) is 3. The number of rotatable bonds is 5. The number of ether oxygens (including phenoxy) is 1. The van der Waals surface area contributed by atoms with Gasteiger partial charge < -0.3 is 14.7 Å². The van der Waals surface area contributed by atoms with Crippen LogP contribution in [0.15, 0.2) is 18.2 Å². The van der Waals surface area contributed by atoms with Gasteiger partial charge >= 0.3 is 5.97 Å². The molecule has 0 spiro atoms. The Morgan fingerprint density at radius 1 is 1.38 bits per heavy atom. The number of benzene rings is 1. The van der Waals surface area contributed by atoms with Gasteiger partial charge in [0.2, 0.25) is 0 Å². The van der Waals surface area contributed by atoms with Gasteiger partial charge in [-0.3, -0.25) is 9.59 Å². The Balaban J connectivity index is 2.27. The second kappa shape index (κ2) is 6.62. The van der Waals surface area contributed by atoms with Crippen molar-refractivity contribution in [3.63, 3.8) is 0 Å². The largest absolute Gasteiger partial charge is 0.481 e. The van der Waals surface area contributed by atoms with Gasteiger partial charge in [-0.05, 0) is 25.0 Å². The van der Waals surface area contributed by atoms with Gasteiger partial charge in [-0.2, -0.15) is 0 Å². The number of nitrogens with zero attached hydrogens (tertiary/aromatic N) is 1. The minimum Gasteiger partial charge on any atom is -0.481 e. The summed E-state index contributed by atoms with van der Waals surface area (Å²) in [5.41, 5.74) is -0.267. The molecule has 1 heterocycles. The van der Waals surface area contributed by atoms with E-state index in [1.807, 2.05) is 0 Å². The molecule has 0 aliphatic carbocycles. The number of carbonyl (C=O) groups excluding carboxylic acids is 1. The quantitative estimate of drug-likeness (QED) is 0.902. The van der Waals surface area contributed by atoms with E-state index in [1.165, 1.54) is 0 Å². The molecule has 114 valence electrons. The average molecular weight is 299 g/mol. The summed E-state index contributed by atoms with van der Waals surface area (Å²) in [5.74, 6) is -3.16. The summed E-state index contributed by atoms with van der Waals surface area (Å²) >= 11 is 0. The third-order valence-corrected chi connectivity index (χ3v) is 3.22. The summed E-state index contributed by atoms with van der Waals surface area (Å²) in [4.78, 5) is 24.0. The SMILES string of the molecule is O=C(O)CCN(C(=O)C1CCCO1)c1cc(F)ccc1F. The first-order valence-corrected chi connectivity index (χ1v) is 6.59. The van der Waals surface area contributed by atoms with Gasteiger partial charge in [0.25, 0.3) is 5.91 Å². The summed E-state index contributed by atoms with van der Waals surface area (Å²) in [7, 11) is 0. The summed E-state index contributed by atoms with van der Waals surface area (Å²) in [5, 5.41) is 8.74. The molecular weight excluding hydrogens is 284 g/mol. The molecule has 1 aliphatic heterocycles. The average Bonchev–Trinajstić information content (AvgIpc) is 2.96. The molecule has 1 unspecified atom stereocenters. The lowest BCUT2D eigenvalue weighted by Crippen LogP contribution is -2.40. The Bertz CT molecular complexity index is 544. The zero-order valence-electron chi connectivity index (χ0n) is 11.2. The molecule has 1 fully saturated rings. The van der Waals surface area contributed by atoms with Crippen LogP contribution in [-0.2, 0) is 14.3 Å². The number of carboxylic acid groups (broad SMARTS) is 1. The minimum atomic E-state index is -1.13. The van der Waals surface area contributed by atoms with Crippen molar-refractivity contribution in [1.82, 2.24) is 0 Å². The topological polar surface area (TPSA) is 66.8 Å². The van der Waals surface area contributed by atoms with E-state index >= 15 is 0 Å². The summed E-state index contributed by atoms with van der Waals surface area (Å²) in [6.45, 7) is 0.184. The Labute approximate surface area is 120 Å². The molecule has 7 heteroatoms. The van der Waals surface area contributed by atoms with Crippen LogP contribution in [0.3, 0.4) is 0 Å². The highest BCUT2D eigenvalue weighted by Gasteiger charge is 2.30. The van der Waals surface area contributed by atoms with Crippen LogP contribution < -0.4 is 4.90 Å². The van der Waals surface area contributed by atoms with Crippen molar-refractivity contribution < 1.29 is 28.2 Å². The van der Waals surface area contributed by atoms with Crippen LogP contribution in [0.2, 0.25) is 0 Å². The fourth-order valence-corrected chi connectivity index (χ4v) is 2.20. The zero-order chi connectivity index (χ0) is 15.4. The molecule has 1 N–H and O–H groups in total. The highest BCUT2D eigenvalue weighted by Crippen LogP contribution is 2.24. The fourth-order valence-electron chi connectivity index (χ4n) is 2.20. The predicted molar refractivity (Wildman–Crippen MR) is 69.9 cm³/mol. The molecule has 5 nitrogen and oxygen atoms in total. The third-order valence-electron chi connectivity index (χ3n) is 3.22. The van der Waals surface area contributed by atoms with Crippen molar-refractivity contribution in [2.75, 3.05) is 18.1 Å². The van der Waals surface area contributed by atoms with E-state index < -0.39 is 29.6 Å². The third kappa shape index (κ3) is 3.75. The molecule has 1 saturated heterocycles. The number of amides is 1. The van der Waals surface area contributed by atoms with Gasteiger partial charge in [0.05, 0.1) is 12.1 Å². The smallest absolute Gasteiger partial charge is 0.305 e. The van der Waals surface area contributed by atoms with E-state index in [0.717, 1.165) is 23.1 Å². The van der Waals surface area contributed by atoms with Crippen LogP contribution in [-0.4, -0.2) is 36.2 Å². The number of aliphatic carboxylic acids is 1. The molecule has 1 amide bonds. The first kappa shape index (κ1) is 15.4. The fraction of sp³-hybridized carbons (Fsp3) is 0.429. The van der Waals surface area contributed by atoms with Crippen LogP contribution in [0.1, 0.15) is 19.3 Å². The van der Waals surface area contributed by atoms with E-state index in [4.69, 9.17) is 9.84 Å². The molecule has 0 bridgehead atoms. The first-order valence-electron chi connectivity index (χ1n) is 6.59. The highest BCUT2D eigenvalue weighted by molar-refractivity contribution is 5.97. The molecule has 0 aromatic heterocycles. The van der Waals surface area contributed by atoms with E-state index in [-0.39, 0.29) is 18.7 Å². The number of anilines is 1. The molecule has 1 aromatic rings. The van der Waals surface area contributed by atoms with Crippen molar-refractivity contribution in [3.05, 3.63) is 29.8 Å². The van der Waals surface area contributed by atoms with E-state index in [2.05, 4.69) is 0 Å². The molecular formula is C14H15F2NO4. The molecule has 1 aliphatic rings. The van der Waals surface area contributed by atoms with Gasteiger partial charge in [-0.25, -0.2) is 8.78 Å². The second-order valence-corrected chi connectivity index (χ2v) is 4.73. The molecule has 1 atom stereocenters. The Hall–Kier alpha value is -2.02. The molecule has 21 heavy (non-hydrogen) atoms. The lowest BCUT2D eigenvalue weighted by molar-refractivity contribution is -0.136. The van der Waals surface area contributed by atoms with Crippen LogP contribution in [0.25, 0.3) is 0 Å².